The van der Waals surface area contributed by atoms with Gasteiger partial charge in [-0.1, -0.05) is 147 Å². The van der Waals surface area contributed by atoms with Crippen molar-refractivity contribution in [2.45, 2.75) is 85.5 Å². The maximum atomic E-state index is 6.89. The minimum atomic E-state index is -0.0908. The van der Waals surface area contributed by atoms with Crippen LogP contribution in [0.3, 0.4) is 0 Å². The summed E-state index contributed by atoms with van der Waals surface area (Å²) in [5.41, 5.74) is 22.7. The van der Waals surface area contributed by atoms with Crippen molar-refractivity contribution in [1.29, 1.82) is 0 Å². The van der Waals surface area contributed by atoms with Gasteiger partial charge in [0.05, 0.1) is 33.3 Å². The molecule has 77 heavy (non-hydrogen) atoms. The summed E-state index contributed by atoms with van der Waals surface area (Å²) in [7, 11) is 2.28. The normalized spacial score (nSPS) is 13.8. The molecule has 4 aromatic heterocycles. The number of anilines is 6. The van der Waals surface area contributed by atoms with Crippen LogP contribution in [0.25, 0.3) is 81.3 Å². The van der Waals surface area contributed by atoms with Gasteiger partial charge in [0, 0.05) is 82.8 Å². The topological polar surface area (TPSA) is 29.5 Å². The number of nitrogens with zero attached hydrogens (tertiary/aromatic N) is 4. The van der Waals surface area contributed by atoms with E-state index < -0.39 is 0 Å². The molecule has 15 rings (SSSR count). The first kappa shape index (κ1) is 46.3. The van der Waals surface area contributed by atoms with Crippen LogP contribution in [0.5, 0.6) is 0 Å². The average Bonchev–Trinajstić information content (AvgIpc) is 3.94. The van der Waals surface area contributed by atoms with E-state index >= 15 is 0 Å². The molecule has 0 atom stereocenters. The highest BCUT2D eigenvalue weighted by Gasteiger charge is 2.47. The molecule has 0 radical (unpaired) electrons. The van der Waals surface area contributed by atoms with E-state index in [-0.39, 0.29) is 23.0 Å². The Morgan fingerprint density at radius 1 is 0.455 bits per heavy atom. The predicted octanol–water partition coefficient (Wildman–Crippen LogP) is 17.8. The van der Waals surface area contributed by atoms with Gasteiger partial charge in [0.25, 0.3) is 6.71 Å². The van der Waals surface area contributed by atoms with Crippen LogP contribution in [0.2, 0.25) is 0 Å². The number of fused-ring (bicyclic) bond motifs is 17. The van der Waals surface area contributed by atoms with Crippen LogP contribution in [-0.2, 0) is 23.3 Å². The first-order valence-corrected chi connectivity index (χ1v) is 28.2. The number of rotatable bonds is 3. The molecule has 0 spiro atoms. The SMILES string of the molecule is Cc1cc2c3c(c1)N(c1ccc(C(C)(C)C)cc1)c1c(sc4ccc(C(C)(C)C)cc14)B3c1c(cc(-n3c4ccccc4c4c5oc6ccccc6c5ccc43)c3c1c1ccccc1n3C)N2c1ccc(C(C)(C)C)cc1. The molecule has 9 aromatic carbocycles. The van der Waals surface area contributed by atoms with Crippen LogP contribution < -0.4 is 25.5 Å². The Bertz CT molecular complexity index is 4660. The monoisotopic (exact) mass is 1020 g/mol. The quantitative estimate of drug-likeness (QED) is 0.165. The first-order chi connectivity index (χ1) is 36.9. The number of thiophene rings is 1. The van der Waals surface area contributed by atoms with Gasteiger partial charge < -0.3 is 23.4 Å². The highest BCUT2D eigenvalue weighted by atomic mass is 32.1. The Kier molecular flexibility index (Phi) is 9.51. The molecular weight excluding hydrogens is 956 g/mol. The Labute approximate surface area is 454 Å². The summed E-state index contributed by atoms with van der Waals surface area (Å²) in [4.78, 5) is 5.25. The van der Waals surface area contributed by atoms with Crippen LogP contribution in [0.1, 0.15) is 84.6 Å². The molecule has 5 nitrogen and oxygen atoms in total. The lowest BCUT2D eigenvalue weighted by Gasteiger charge is -2.44. The van der Waals surface area contributed by atoms with E-state index in [1.807, 2.05) is 11.3 Å². The van der Waals surface area contributed by atoms with Gasteiger partial charge in [-0.2, -0.15) is 0 Å². The van der Waals surface area contributed by atoms with E-state index in [9.17, 15) is 0 Å². The van der Waals surface area contributed by atoms with Crippen molar-refractivity contribution in [3.63, 3.8) is 0 Å². The van der Waals surface area contributed by atoms with E-state index in [4.69, 9.17) is 4.42 Å². The molecule has 0 fully saturated rings. The number of aromatic nitrogens is 2. The molecule has 0 bridgehead atoms. The Morgan fingerprint density at radius 2 is 1.01 bits per heavy atom. The molecule has 2 aliphatic heterocycles. The molecule has 6 heterocycles. The second-order valence-electron chi connectivity index (χ2n) is 25.1. The van der Waals surface area contributed by atoms with Crippen LogP contribution in [0.15, 0.2) is 174 Å². The molecule has 0 aliphatic carbocycles. The van der Waals surface area contributed by atoms with Crippen molar-refractivity contribution < 1.29 is 4.42 Å². The lowest BCUT2D eigenvalue weighted by Crippen LogP contribution is -2.60. The van der Waals surface area contributed by atoms with Crippen LogP contribution in [0, 0.1) is 6.92 Å². The summed E-state index contributed by atoms with van der Waals surface area (Å²) in [6.07, 6.45) is 0. The van der Waals surface area contributed by atoms with Crippen molar-refractivity contribution in [1.82, 2.24) is 9.13 Å². The van der Waals surface area contributed by atoms with Crippen molar-refractivity contribution in [3.05, 3.63) is 192 Å². The van der Waals surface area contributed by atoms with Gasteiger partial charge in [-0.15, -0.1) is 11.3 Å². The van der Waals surface area contributed by atoms with Gasteiger partial charge in [0.1, 0.15) is 11.2 Å². The van der Waals surface area contributed by atoms with E-state index in [1.165, 1.54) is 104 Å². The van der Waals surface area contributed by atoms with Gasteiger partial charge in [-0.3, -0.25) is 0 Å². The van der Waals surface area contributed by atoms with Gasteiger partial charge in [-0.05, 0) is 141 Å². The molecule has 0 saturated heterocycles. The van der Waals surface area contributed by atoms with Crippen molar-refractivity contribution in [2.75, 3.05) is 9.80 Å². The molecule has 7 heteroatoms. The maximum Gasteiger partial charge on any atom is 0.265 e. The highest BCUT2D eigenvalue weighted by molar-refractivity contribution is 7.34. The van der Waals surface area contributed by atoms with E-state index in [0.717, 1.165) is 49.7 Å². The smallest absolute Gasteiger partial charge is 0.265 e. The molecule has 376 valence electrons. The number of benzene rings is 9. The number of para-hydroxylation sites is 3. The van der Waals surface area contributed by atoms with Crippen LogP contribution in [-0.4, -0.2) is 15.8 Å². The van der Waals surface area contributed by atoms with Crippen LogP contribution >= 0.6 is 11.3 Å². The average molecular weight is 1020 g/mol. The highest BCUT2D eigenvalue weighted by Crippen LogP contribution is 2.52. The van der Waals surface area contributed by atoms with Crippen LogP contribution in [0.4, 0.5) is 34.1 Å². The number of hydrogen-bond acceptors (Lipinski definition) is 4. The molecule has 2 aliphatic rings. The van der Waals surface area contributed by atoms with Gasteiger partial charge in [0.15, 0.2) is 0 Å². The molecule has 13 aromatic rings. The zero-order valence-corrected chi connectivity index (χ0v) is 46.7. The zero-order valence-electron chi connectivity index (χ0n) is 45.8. The van der Waals surface area contributed by atoms with E-state index in [2.05, 4.69) is 265 Å². The van der Waals surface area contributed by atoms with E-state index in [0.29, 0.717) is 0 Å². The maximum absolute atomic E-state index is 6.89. The Hall–Kier alpha value is -8.00. The van der Waals surface area contributed by atoms with Gasteiger partial charge in [-0.25, -0.2) is 0 Å². The number of hydrogen-bond donors (Lipinski definition) is 0. The second kappa shape index (κ2) is 15.8. The van der Waals surface area contributed by atoms with Gasteiger partial charge >= 0.3 is 0 Å². The minimum Gasteiger partial charge on any atom is -0.455 e. The molecule has 0 unspecified atom stereocenters. The molecular formula is C70H61BN4OS. The number of furan rings is 1. The number of aryl methyl sites for hydroxylation is 2. The molecule has 0 N–H and O–H groups in total. The summed E-state index contributed by atoms with van der Waals surface area (Å²) >= 11 is 1.98. The third kappa shape index (κ3) is 6.53. The van der Waals surface area contributed by atoms with Gasteiger partial charge in [0.2, 0.25) is 0 Å². The Balaban J connectivity index is 1.12. The third-order valence-electron chi connectivity index (χ3n) is 17.2. The summed E-state index contributed by atoms with van der Waals surface area (Å²) in [6, 6.07) is 64.8. The fourth-order valence-corrected chi connectivity index (χ4v) is 14.6. The summed E-state index contributed by atoms with van der Waals surface area (Å²) in [5, 5.41) is 8.41. The van der Waals surface area contributed by atoms with Crippen molar-refractivity contribution in [2.24, 2.45) is 7.05 Å². The summed E-state index contributed by atoms with van der Waals surface area (Å²) < 4.78 is 14.6. The predicted molar refractivity (Wildman–Crippen MR) is 332 cm³/mol. The van der Waals surface area contributed by atoms with Crippen molar-refractivity contribution in [3.8, 4) is 5.69 Å². The fourth-order valence-electron chi connectivity index (χ4n) is 13.4. The second-order valence-corrected chi connectivity index (χ2v) is 26.2. The first-order valence-electron chi connectivity index (χ1n) is 27.3. The lowest BCUT2D eigenvalue weighted by molar-refractivity contribution is 0.590. The largest absolute Gasteiger partial charge is 0.455 e. The minimum absolute atomic E-state index is 0.0104. The lowest BCUT2D eigenvalue weighted by atomic mass is 9.35. The standard InChI is InChI=1S/C70H61BN4OS/c1-40-36-54-62-55(37-40)74(45-31-26-42(27-32-45)69(5,6)7)64-50-38-43(70(8,9)10)28-35-59(50)77-67(64)71(62)63-56(73(54)44-29-24-41(25-30-44)68(2,3)4)39-57(65-61(63)48-19-12-15-21-51(48)72(65)11)75-52-22-16-13-20-49(52)60-53(75)34-33-47-46-18-14-17-23-58(46)76-66(47)60/h12-39H,1-11H3. The van der Waals surface area contributed by atoms with Crippen molar-refractivity contribution >= 4 is 144 Å². The van der Waals surface area contributed by atoms with E-state index in [1.54, 1.807) is 0 Å². The molecule has 0 saturated carbocycles. The third-order valence-corrected chi connectivity index (χ3v) is 18.4. The summed E-state index contributed by atoms with van der Waals surface area (Å²) in [5.74, 6) is 0. The fraction of sp³-hybridized carbons (Fsp3) is 0.200. The summed E-state index contributed by atoms with van der Waals surface area (Å²) in [6.45, 7) is 23.1. The Morgan fingerprint density at radius 3 is 1.68 bits per heavy atom. The zero-order chi connectivity index (χ0) is 52.8. The molecule has 0 amide bonds.